The lowest BCUT2D eigenvalue weighted by atomic mass is 9.81. The summed E-state index contributed by atoms with van der Waals surface area (Å²) in [6, 6.07) is 3.07. The van der Waals surface area contributed by atoms with E-state index in [4.69, 9.17) is 9.72 Å². The van der Waals surface area contributed by atoms with Crippen molar-refractivity contribution in [2.24, 2.45) is 0 Å². The second kappa shape index (κ2) is 7.07. The summed E-state index contributed by atoms with van der Waals surface area (Å²) in [4.78, 5) is 30.7. The number of aromatic nitrogens is 2. The number of hydrogen-bond donors (Lipinski definition) is 2. The van der Waals surface area contributed by atoms with Crippen molar-refractivity contribution in [2.45, 2.75) is 51.9 Å². The third-order valence-corrected chi connectivity index (χ3v) is 7.61. The van der Waals surface area contributed by atoms with Gasteiger partial charge >= 0.3 is 5.97 Å². The maximum atomic E-state index is 14.8. The number of hydrogen-bond acceptors (Lipinski definition) is 6. The maximum Gasteiger partial charge on any atom is 0.343 e. The van der Waals surface area contributed by atoms with Crippen molar-refractivity contribution in [3.63, 3.8) is 0 Å². The van der Waals surface area contributed by atoms with E-state index in [1.165, 1.54) is 6.07 Å². The minimum Gasteiger partial charge on any atom is -0.458 e. The summed E-state index contributed by atoms with van der Waals surface area (Å²) in [5.41, 5.74) is 3.89. The van der Waals surface area contributed by atoms with Crippen molar-refractivity contribution >= 4 is 22.4 Å². The average Bonchev–Trinajstić information content (AvgIpc) is 3.19. The second-order valence-electron chi connectivity index (χ2n) is 9.19. The number of esters is 1. The van der Waals surface area contributed by atoms with E-state index in [1.54, 1.807) is 30.6 Å². The van der Waals surface area contributed by atoms with E-state index in [0.717, 1.165) is 27.6 Å². The number of carbonyl (C=O) groups is 1. The van der Waals surface area contributed by atoms with Gasteiger partial charge in [-0.25, -0.2) is 14.2 Å². The number of allylic oxidation sites excluding steroid dienone is 1. The number of aliphatic hydroxyl groups excluding tert-OH is 1. The zero-order valence-corrected chi connectivity index (χ0v) is 18.9. The van der Waals surface area contributed by atoms with Gasteiger partial charge in [0.25, 0.3) is 5.56 Å². The molecule has 0 saturated heterocycles. The van der Waals surface area contributed by atoms with E-state index in [9.17, 15) is 24.2 Å². The first-order chi connectivity index (χ1) is 16.3. The molecule has 2 aromatic heterocycles. The van der Waals surface area contributed by atoms with E-state index in [1.807, 2.05) is 0 Å². The van der Waals surface area contributed by atoms with Crippen molar-refractivity contribution in [1.29, 1.82) is 0 Å². The van der Waals surface area contributed by atoms with Crippen LogP contribution in [0.3, 0.4) is 0 Å². The molecule has 0 spiro atoms. The lowest BCUT2D eigenvalue weighted by Gasteiger charge is -2.31. The fraction of sp³-hybridized carbons (Fsp3) is 0.346. The van der Waals surface area contributed by atoms with Crippen LogP contribution >= 0.6 is 0 Å². The SMILES string of the molecule is CCC1(O)C(=O)OCc2c1cc1n(c2=O)Cc2c-1nc1cc(F)c(C)c3c1c2/C(=C/CO)CC3. The van der Waals surface area contributed by atoms with Gasteiger partial charge in [-0.2, -0.15) is 0 Å². The highest BCUT2D eigenvalue weighted by Crippen LogP contribution is 2.46. The van der Waals surface area contributed by atoms with E-state index >= 15 is 0 Å². The number of rotatable bonds is 2. The molecule has 1 unspecified atom stereocenters. The Morgan fingerprint density at radius 1 is 1.24 bits per heavy atom. The Balaban J connectivity index is 1.71. The summed E-state index contributed by atoms with van der Waals surface area (Å²) in [5.74, 6) is -1.11. The van der Waals surface area contributed by atoms with Gasteiger partial charge in [0, 0.05) is 22.6 Å². The molecule has 34 heavy (non-hydrogen) atoms. The van der Waals surface area contributed by atoms with E-state index < -0.39 is 11.6 Å². The monoisotopic (exact) mass is 462 g/mol. The lowest BCUT2D eigenvalue weighted by Crippen LogP contribution is -2.44. The van der Waals surface area contributed by atoms with Gasteiger partial charge in [-0.3, -0.25) is 4.79 Å². The minimum atomic E-state index is -1.91. The van der Waals surface area contributed by atoms with Gasteiger partial charge in [-0.15, -0.1) is 0 Å². The normalized spacial score (nSPS) is 21.4. The summed E-state index contributed by atoms with van der Waals surface area (Å²) >= 11 is 0. The van der Waals surface area contributed by atoms with Crippen molar-refractivity contribution in [3.8, 4) is 11.4 Å². The van der Waals surface area contributed by atoms with E-state index in [2.05, 4.69) is 0 Å². The molecule has 3 aliphatic rings. The number of aryl methyl sites for hydroxylation is 1. The van der Waals surface area contributed by atoms with Crippen LogP contribution in [0.15, 0.2) is 23.0 Å². The number of fused-ring (bicyclic) bond motifs is 5. The summed E-state index contributed by atoms with van der Waals surface area (Å²) in [6.45, 7) is 3.35. The fourth-order valence-corrected chi connectivity index (χ4v) is 5.75. The summed E-state index contributed by atoms with van der Waals surface area (Å²) in [7, 11) is 0. The number of ether oxygens (including phenoxy) is 1. The molecular formula is C26H23FN2O5. The van der Waals surface area contributed by atoms with Gasteiger partial charge in [0.2, 0.25) is 0 Å². The number of halogens is 1. The van der Waals surface area contributed by atoms with Gasteiger partial charge < -0.3 is 19.5 Å². The quantitative estimate of drug-likeness (QED) is 0.444. The second-order valence-corrected chi connectivity index (χ2v) is 9.19. The molecule has 0 bridgehead atoms. The van der Waals surface area contributed by atoms with Crippen LogP contribution < -0.4 is 5.56 Å². The standard InChI is InChI=1S/C26H23FN2O5/c1-3-26(33)17-8-20-23-15(10-29(20)24(31)16(17)11-34-25(26)32)21-13(6-7-30)4-5-14-12(2)18(27)9-19(28-23)22(14)21/h6,8-9,30,33H,3-5,7,10-11H2,1-2H3/b13-6+. The highest BCUT2D eigenvalue weighted by molar-refractivity contribution is 6.01. The topological polar surface area (TPSA) is 102 Å². The number of benzene rings is 1. The van der Waals surface area contributed by atoms with Crippen LogP contribution in [0.25, 0.3) is 27.9 Å². The molecular weight excluding hydrogens is 439 g/mol. The Bertz CT molecular complexity index is 1540. The van der Waals surface area contributed by atoms with Crippen LogP contribution in [0.4, 0.5) is 4.39 Å². The molecule has 1 aliphatic carbocycles. The first-order valence-electron chi connectivity index (χ1n) is 11.4. The highest BCUT2D eigenvalue weighted by Gasteiger charge is 2.45. The van der Waals surface area contributed by atoms with Crippen molar-refractivity contribution < 1.29 is 24.1 Å². The lowest BCUT2D eigenvalue weighted by molar-refractivity contribution is -0.172. The number of pyridine rings is 2. The van der Waals surface area contributed by atoms with E-state index in [-0.39, 0.29) is 48.7 Å². The van der Waals surface area contributed by atoms with Crippen molar-refractivity contribution in [2.75, 3.05) is 6.61 Å². The molecule has 1 aromatic carbocycles. The molecule has 1 atom stereocenters. The Hall–Kier alpha value is -3.36. The minimum absolute atomic E-state index is 0.0578. The predicted octanol–water partition coefficient (Wildman–Crippen LogP) is 2.85. The zero-order valence-electron chi connectivity index (χ0n) is 18.9. The molecule has 2 aliphatic heterocycles. The Kier molecular flexibility index (Phi) is 4.41. The Morgan fingerprint density at radius 2 is 2.03 bits per heavy atom. The average molecular weight is 462 g/mol. The largest absolute Gasteiger partial charge is 0.458 e. The number of carbonyl (C=O) groups excluding carboxylic acids is 1. The van der Waals surface area contributed by atoms with Crippen molar-refractivity contribution in [1.82, 2.24) is 9.55 Å². The number of aliphatic hydroxyl groups is 2. The molecule has 174 valence electrons. The molecule has 3 aromatic rings. The maximum absolute atomic E-state index is 14.8. The summed E-state index contributed by atoms with van der Waals surface area (Å²) in [6.07, 6.45) is 3.10. The van der Waals surface area contributed by atoms with Gasteiger partial charge in [0.15, 0.2) is 5.60 Å². The van der Waals surface area contributed by atoms with Crippen LogP contribution in [-0.4, -0.2) is 32.3 Å². The molecule has 0 radical (unpaired) electrons. The number of cyclic esters (lactones) is 1. The molecule has 0 fully saturated rings. The first kappa shape index (κ1) is 21.2. The highest BCUT2D eigenvalue weighted by atomic mass is 19.1. The number of nitrogens with zero attached hydrogens (tertiary/aromatic N) is 2. The molecule has 7 nitrogen and oxygen atoms in total. The van der Waals surface area contributed by atoms with Gasteiger partial charge in [-0.05, 0) is 54.5 Å². The Labute approximate surface area is 194 Å². The zero-order chi connectivity index (χ0) is 23.9. The smallest absolute Gasteiger partial charge is 0.343 e. The fourth-order valence-electron chi connectivity index (χ4n) is 5.75. The van der Waals surface area contributed by atoms with Crippen LogP contribution in [0.5, 0.6) is 0 Å². The van der Waals surface area contributed by atoms with Crippen molar-refractivity contribution in [3.05, 3.63) is 67.8 Å². The van der Waals surface area contributed by atoms with E-state index in [0.29, 0.717) is 35.3 Å². The third kappa shape index (κ3) is 2.55. The molecule has 6 rings (SSSR count). The van der Waals surface area contributed by atoms with Crippen LogP contribution in [-0.2, 0) is 34.7 Å². The molecule has 4 heterocycles. The van der Waals surface area contributed by atoms with Gasteiger partial charge in [0.1, 0.15) is 12.4 Å². The third-order valence-electron chi connectivity index (χ3n) is 7.61. The summed E-state index contributed by atoms with van der Waals surface area (Å²) in [5, 5.41) is 21.6. The Morgan fingerprint density at radius 3 is 2.76 bits per heavy atom. The first-order valence-corrected chi connectivity index (χ1v) is 11.4. The molecule has 0 saturated carbocycles. The predicted molar refractivity (Wildman–Crippen MR) is 123 cm³/mol. The van der Waals surface area contributed by atoms with Crippen LogP contribution in [0.2, 0.25) is 0 Å². The molecule has 8 heteroatoms. The molecule has 2 N–H and O–H groups in total. The van der Waals surface area contributed by atoms with Gasteiger partial charge in [0.05, 0.1) is 35.6 Å². The van der Waals surface area contributed by atoms with Crippen LogP contribution in [0, 0.1) is 12.7 Å². The molecule has 0 amide bonds. The summed E-state index contributed by atoms with van der Waals surface area (Å²) < 4.78 is 21.5. The van der Waals surface area contributed by atoms with Crippen LogP contribution in [0.1, 0.15) is 53.1 Å². The van der Waals surface area contributed by atoms with Gasteiger partial charge in [-0.1, -0.05) is 13.0 Å².